The first-order valence-electron chi connectivity index (χ1n) is 11.6. The first-order chi connectivity index (χ1) is 17.8. The van der Waals surface area contributed by atoms with E-state index in [1.54, 1.807) is 43.2 Å². The molecule has 0 saturated carbocycles. The number of nitrogens with one attached hydrogen (secondary N) is 2. The number of aromatic nitrogens is 3. The van der Waals surface area contributed by atoms with E-state index in [0.29, 0.717) is 23.4 Å². The third-order valence-corrected chi connectivity index (χ3v) is 6.44. The van der Waals surface area contributed by atoms with E-state index in [9.17, 15) is 9.47 Å². The van der Waals surface area contributed by atoms with Crippen LogP contribution in [0.3, 0.4) is 0 Å². The zero-order chi connectivity index (χ0) is 26.0. The van der Waals surface area contributed by atoms with Crippen LogP contribution in [0.4, 0.5) is 29.1 Å². The Morgan fingerprint density at radius 3 is 2.81 bits per heavy atom. The summed E-state index contributed by atoms with van der Waals surface area (Å²) in [5.74, 6) is 1.38. The number of hydrogen-bond acceptors (Lipinski definition) is 10. The molecule has 3 aromatic heterocycles. The molecule has 4 heterocycles. The van der Waals surface area contributed by atoms with Crippen molar-refractivity contribution in [3.05, 3.63) is 71.8 Å². The summed E-state index contributed by atoms with van der Waals surface area (Å²) < 4.78 is 21.5. The average Bonchev–Trinajstić information content (AvgIpc) is 3.38. The predicted molar refractivity (Wildman–Crippen MR) is 144 cm³/mol. The van der Waals surface area contributed by atoms with Gasteiger partial charge in [0.15, 0.2) is 11.6 Å². The second kappa shape index (κ2) is 10.0. The molecule has 0 fully saturated rings. The summed E-state index contributed by atoms with van der Waals surface area (Å²) in [6.45, 7) is 1.83. The Kier molecular flexibility index (Phi) is 6.60. The fourth-order valence-corrected chi connectivity index (χ4v) is 4.78. The molecule has 188 valence electrons. The topological polar surface area (TPSA) is 132 Å². The van der Waals surface area contributed by atoms with Crippen LogP contribution in [0, 0.1) is 11.3 Å². The maximum atomic E-state index is 12.0. The number of pyridine rings is 1. The molecule has 4 aromatic rings. The van der Waals surface area contributed by atoms with Gasteiger partial charge >= 0.3 is 0 Å². The van der Waals surface area contributed by atoms with Crippen molar-refractivity contribution in [3.8, 4) is 17.2 Å². The lowest BCUT2D eigenvalue weighted by Gasteiger charge is -2.27. The van der Waals surface area contributed by atoms with E-state index in [2.05, 4.69) is 60.1 Å². The molecule has 0 aliphatic carbocycles. The molecule has 0 bridgehead atoms. The SMILES string of the molecule is CN1CCc2c(cc(Nc3ncc(C#N)c(Nc4cccc(N=S(C)(C)=O)n4)n3)cc2-c2ccoc2)C1. The summed E-state index contributed by atoms with van der Waals surface area (Å²) in [6, 6.07) is 13.4. The van der Waals surface area contributed by atoms with Crippen molar-refractivity contribution in [2.75, 3.05) is 36.7 Å². The maximum Gasteiger partial charge on any atom is 0.229 e. The molecular formula is C26H26N8O2S. The number of benzene rings is 1. The molecule has 0 saturated heterocycles. The van der Waals surface area contributed by atoms with E-state index in [1.807, 2.05) is 6.07 Å². The molecule has 10 nitrogen and oxygen atoms in total. The van der Waals surface area contributed by atoms with Gasteiger partial charge in [0, 0.05) is 46.6 Å². The lowest BCUT2D eigenvalue weighted by Crippen LogP contribution is -2.27. The Morgan fingerprint density at radius 2 is 2.05 bits per heavy atom. The average molecular weight is 515 g/mol. The van der Waals surface area contributed by atoms with Gasteiger partial charge in [-0.2, -0.15) is 14.6 Å². The molecule has 0 spiro atoms. The second-order valence-electron chi connectivity index (χ2n) is 9.13. The zero-order valence-corrected chi connectivity index (χ0v) is 21.5. The monoisotopic (exact) mass is 514 g/mol. The van der Waals surface area contributed by atoms with Gasteiger partial charge in [-0.25, -0.2) is 14.2 Å². The highest BCUT2D eigenvalue weighted by atomic mass is 32.2. The molecule has 0 unspecified atom stereocenters. The molecule has 0 amide bonds. The number of furan rings is 1. The number of hydrogen-bond donors (Lipinski definition) is 2. The summed E-state index contributed by atoms with van der Waals surface area (Å²) in [6.07, 6.45) is 8.93. The van der Waals surface area contributed by atoms with Crippen LogP contribution in [-0.2, 0) is 22.7 Å². The van der Waals surface area contributed by atoms with Gasteiger partial charge < -0.3 is 20.0 Å². The van der Waals surface area contributed by atoms with Gasteiger partial charge in [0.1, 0.15) is 17.5 Å². The number of likely N-dealkylation sites (N-methyl/N-ethyl adjacent to an activating group) is 1. The van der Waals surface area contributed by atoms with Crippen molar-refractivity contribution in [2.24, 2.45) is 4.36 Å². The van der Waals surface area contributed by atoms with Crippen LogP contribution in [0.25, 0.3) is 11.1 Å². The number of anilines is 4. The molecule has 0 radical (unpaired) electrons. The molecule has 37 heavy (non-hydrogen) atoms. The summed E-state index contributed by atoms with van der Waals surface area (Å²) in [5, 5.41) is 16.0. The number of rotatable bonds is 6. The third-order valence-electron chi connectivity index (χ3n) is 5.82. The van der Waals surface area contributed by atoms with E-state index >= 15 is 0 Å². The molecular weight excluding hydrogens is 488 g/mol. The van der Waals surface area contributed by atoms with Gasteiger partial charge in [-0.15, -0.1) is 0 Å². The summed E-state index contributed by atoms with van der Waals surface area (Å²) in [7, 11) is -0.254. The standard InChI is InChI=1S/C26H26N8O2S/c1-34-9-7-21-18(15-34)11-20(12-22(21)17-8-10-36-16-17)29-26-28-14-19(13-27)25(32-26)31-23-5-4-6-24(30-23)33-37(2,3)35/h4-6,8,10-12,14,16H,7,9,15H2,1-3H3,(H2,28,29,30,31,32). The van der Waals surface area contributed by atoms with Crippen molar-refractivity contribution >= 4 is 38.8 Å². The van der Waals surface area contributed by atoms with Gasteiger partial charge in [-0.1, -0.05) is 6.07 Å². The van der Waals surface area contributed by atoms with E-state index in [1.165, 1.54) is 17.3 Å². The number of fused-ring (bicyclic) bond motifs is 1. The van der Waals surface area contributed by atoms with E-state index in [0.717, 1.165) is 36.3 Å². The third kappa shape index (κ3) is 5.77. The number of nitrogens with zero attached hydrogens (tertiary/aromatic N) is 6. The maximum absolute atomic E-state index is 12.0. The van der Waals surface area contributed by atoms with Gasteiger partial charge in [-0.3, -0.25) is 0 Å². The number of nitriles is 1. The van der Waals surface area contributed by atoms with Crippen LogP contribution in [0.2, 0.25) is 0 Å². The molecule has 0 atom stereocenters. The first-order valence-corrected chi connectivity index (χ1v) is 13.9. The van der Waals surface area contributed by atoms with Crippen molar-refractivity contribution in [2.45, 2.75) is 13.0 Å². The Labute approximate surface area is 215 Å². The lowest BCUT2D eigenvalue weighted by atomic mass is 9.91. The zero-order valence-electron chi connectivity index (χ0n) is 20.7. The minimum atomic E-state index is -2.36. The van der Waals surface area contributed by atoms with Crippen molar-refractivity contribution in [1.29, 1.82) is 5.26 Å². The van der Waals surface area contributed by atoms with Gasteiger partial charge in [0.25, 0.3) is 0 Å². The molecule has 2 N–H and O–H groups in total. The van der Waals surface area contributed by atoms with Crippen LogP contribution in [0.15, 0.2) is 63.9 Å². The Balaban J connectivity index is 1.47. The van der Waals surface area contributed by atoms with Crippen LogP contribution in [-0.4, -0.2) is 50.2 Å². The normalized spacial score (nSPS) is 13.5. The van der Waals surface area contributed by atoms with Crippen molar-refractivity contribution in [3.63, 3.8) is 0 Å². The van der Waals surface area contributed by atoms with Crippen molar-refractivity contribution < 1.29 is 8.63 Å². The first kappa shape index (κ1) is 24.4. The summed E-state index contributed by atoms with van der Waals surface area (Å²) >= 11 is 0. The van der Waals surface area contributed by atoms with Gasteiger partial charge in [0.2, 0.25) is 5.95 Å². The van der Waals surface area contributed by atoms with Crippen LogP contribution >= 0.6 is 0 Å². The fourth-order valence-electron chi connectivity index (χ4n) is 4.23. The molecule has 1 aliphatic rings. The largest absolute Gasteiger partial charge is 0.472 e. The van der Waals surface area contributed by atoms with E-state index < -0.39 is 9.73 Å². The molecule has 5 rings (SSSR count). The Hall–Kier alpha value is -4.27. The highest BCUT2D eigenvalue weighted by Crippen LogP contribution is 2.34. The molecule has 11 heteroatoms. The highest BCUT2D eigenvalue weighted by molar-refractivity contribution is 7.92. The minimum Gasteiger partial charge on any atom is -0.472 e. The lowest BCUT2D eigenvalue weighted by molar-refractivity contribution is 0.313. The quantitative estimate of drug-likeness (QED) is 0.371. The minimum absolute atomic E-state index is 0.260. The second-order valence-corrected chi connectivity index (χ2v) is 11.7. The van der Waals surface area contributed by atoms with Crippen LogP contribution in [0.1, 0.15) is 16.7 Å². The van der Waals surface area contributed by atoms with E-state index in [4.69, 9.17) is 4.42 Å². The van der Waals surface area contributed by atoms with Crippen molar-refractivity contribution in [1.82, 2.24) is 19.9 Å². The molecule has 1 aromatic carbocycles. The fraction of sp³-hybridized carbons (Fsp3) is 0.231. The Bertz CT molecular complexity index is 1610. The molecule has 1 aliphatic heterocycles. The van der Waals surface area contributed by atoms with Crippen LogP contribution in [0.5, 0.6) is 0 Å². The highest BCUT2D eigenvalue weighted by Gasteiger charge is 2.20. The Morgan fingerprint density at radius 1 is 1.19 bits per heavy atom. The summed E-state index contributed by atoms with van der Waals surface area (Å²) in [4.78, 5) is 15.6. The van der Waals surface area contributed by atoms with Gasteiger partial charge in [-0.05, 0) is 60.5 Å². The smallest absolute Gasteiger partial charge is 0.229 e. The van der Waals surface area contributed by atoms with Gasteiger partial charge in [0.05, 0.1) is 18.7 Å². The summed E-state index contributed by atoms with van der Waals surface area (Å²) in [5.41, 5.74) is 5.77. The van der Waals surface area contributed by atoms with E-state index in [-0.39, 0.29) is 5.56 Å². The predicted octanol–water partition coefficient (Wildman–Crippen LogP) is 4.84. The van der Waals surface area contributed by atoms with Crippen LogP contribution < -0.4 is 10.6 Å².